The molecule has 6 aromatic carbocycles. The molecule has 0 aliphatic heterocycles. The van der Waals surface area contributed by atoms with E-state index < -0.39 is 29.5 Å². The second-order valence-corrected chi connectivity index (χ2v) is 15.1. The lowest BCUT2D eigenvalue weighted by Gasteiger charge is -2.12. The lowest BCUT2D eigenvalue weighted by molar-refractivity contribution is 0.0684. The predicted molar refractivity (Wildman–Crippen MR) is 244 cm³/mol. The van der Waals surface area contributed by atoms with Crippen LogP contribution < -0.4 is 10.6 Å². The Hall–Kier alpha value is -7.60. The number of carbonyl (C=O) groups excluding carboxylic acids is 2. The van der Waals surface area contributed by atoms with Gasteiger partial charge in [0.05, 0.1) is 33.9 Å². The number of anilines is 2. The van der Waals surface area contributed by atoms with E-state index in [9.17, 15) is 38.2 Å². The third kappa shape index (κ3) is 12.7. The van der Waals surface area contributed by atoms with Crippen molar-refractivity contribution in [3.63, 3.8) is 0 Å². The van der Waals surface area contributed by atoms with Gasteiger partial charge < -0.3 is 20.8 Å². The van der Waals surface area contributed by atoms with Gasteiger partial charge in [-0.15, -0.1) is 0 Å². The summed E-state index contributed by atoms with van der Waals surface area (Å²) >= 11 is 0. The quantitative estimate of drug-likeness (QED) is 0.0621. The SMILES string of the molecule is O=C(Nc1ccccc1CCCCCc1ccccc1C(=O)O)c1cnc2ccccc2n1.O=C(O)c1ccccc1CCCCCc1ccccc1NC(=O)c1cccc(F)c1F. The molecule has 0 radical (unpaired) electrons. The van der Waals surface area contributed by atoms with Crippen molar-refractivity contribution in [3.05, 3.63) is 202 Å². The van der Waals surface area contributed by atoms with Gasteiger partial charge in [0.15, 0.2) is 11.6 Å². The number of carbonyl (C=O) groups is 4. The van der Waals surface area contributed by atoms with Crippen LogP contribution in [0.1, 0.15) is 102 Å². The number of aryl methyl sites for hydroxylation is 4. The van der Waals surface area contributed by atoms with E-state index in [0.29, 0.717) is 35.2 Å². The second-order valence-electron chi connectivity index (χ2n) is 15.1. The smallest absolute Gasteiger partial charge is 0.335 e. The lowest BCUT2D eigenvalue weighted by Crippen LogP contribution is -2.15. The van der Waals surface area contributed by atoms with Crippen molar-refractivity contribution in [1.82, 2.24) is 9.97 Å². The molecule has 4 N–H and O–H groups in total. The molecule has 0 saturated carbocycles. The Labute approximate surface area is 370 Å². The molecule has 0 aliphatic carbocycles. The first-order valence-electron chi connectivity index (χ1n) is 21.2. The zero-order valence-corrected chi connectivity index (χ0v) is 35.1. The van der Waals surface area contributed by atoms with E-state index in [-0.39, 0.29) is 17.2 Å². The minimum atomic E-state index is -1.17. The Morgan fingerprint density at radius 3 is 1.41 bits per heavy atom. The van der Waals surface area contributed by atoms with Crippen molar-refractivity contribution >= 4 is 46.2 Å². The highest BCUT2D eigenvalue weighted by molar-refractivity contribution is 6.05. The summed E-state index contributed by atoms with van der Waals surface area (Å²) in [5.41, 5.74) is 7.07. The van der Waals surface area contributed by atoms with Crippen LogP contribution >= 0.6 is 0 Å². The summed E-state index contributed by atoms with van der Waals surface area (Å²) in [6.45, 7) is 0. The zero-order valence-electron chi connectivity index (χ0n) is 35.1. The van der Waals surface area contributed by atoms with Crippen LogP contribution in [-0.4, -0.2) is 43.9 Å². The molecule has 326 valence electrons. The molecule has 7 aromatic rings. The summed E-state index contributed by atoms with van der Waals surface area (Å²) in [7, 11) is 0. The molecular formula is C52H48F2N4O6. The Bertz CT molecular complexity index is 2740. The number of fused-ring (bicyclic) bond motifs is 1. The Balaban J connectivity index is 0.000000213. The molecule has 0 bridgehead atoms. The van der Waals surface area contributed by atoms with Crippen molar-refractivity contribution in [3.8, 4) is 0 Å². The molecule has 0 saturated heterocycles. The number of amides is 2. The second kappa shape index (κ2) is 23.0. The number of carboxylic acid groups (broad SMARTS) is 2. The first-order chi connectivity index (χ1) is 31.1. The monoisotopic (exact) mass is 862 g/mol. The fourth-order valence-electron chi connectivity index (χ4n) is 7.35. The number of para-hydroxylation sites is 4. The molecule has 1 heterocycles. The number of carboxylic acids is 2. The van der Waals surface area contributed by atoms with Crippen LogP contribution in [0.25, 0.3) is 11.0 Å². The Kier molecular flexibility index (Phi) is 16.5. The van der Waals surface area contributed by atoms with Gasteiger partial charge in [-0.3, -0.25) is 14.6 Å². The van der Waals surface area contributed by atoms with Crippen LogP contribution in [0.4, 0.5) is 20.2 Å². The van der Waals surface area contributed by atoms with E-state index in [1.54, 1.807) is 36.4 Å². The molecule has 0 atom stereocenters. The summed E-state index contributed by atoms with van der Waals surface area (Å²) < 4.78 is 27.3. The summed E-state index contributed by atoms with van der Waals surface area (Å²) in [6, 6.07) is 40.1. The van der Waals surface area contributed by atoms with Crippen LogP contribution in [0.15, 0.2) is 146 Å². The maximum atomic E-state index is 13.9. The van der Waals surface area contributed by atoms with Crippen molar-refractivity contribution in [2.45, 2.75) is 64.2 Å². The van der Waals surface area contributed by atoms with Crippen LogP contribution in [0.3, 0.4) is 0 Å². The number of unbranched alkanes of at least 4 members (excludes halogenated alkanes) is 4. The van der Waals surface area contributed by atoms with E-state index >= 15 is 0 Å². The standard InChI is InChI=1S/C27H25N3O3.C25H23F2NO3/c31-26(25-18-28-23-16-8-9-17-24(23)29-25)30-22-15-7-5-13-20(22)12-3-1-2-10-19-11-4-6-14-21(19)27(32)33;26-21-15-8-14-20(23(21)27)24(29)28-22-16-7-5-12-18(22)11-3-1-2-9-17-10-4-6-13-19(17)25(30)31/h4-9,11,13-18H,1-3,10,12H2,(H,30,31)(H,32,33);4-8,10,12-16H,1-3,9,11H2,(H,28,29)(H,30,31). The average Bonchev–Trinajstić information content (AvgIpc) is 3.31. The number of hydrogen-bond donors (Lipinski definition) is 4. The van der Waals surface area contributed by atoms with E-state index in [1.807, 2.05) is 84.9 Å². The van der Waals surface area contributed by atoms with Crippen molar-refractivity contribution < 1.29 is 38.2 Å². The van der Waals surface area contributed by atoms with Gasteiger partial charge >= 0.3 is 11.9 Å². The van der Waals surface area contributed by atoms with E-state index in [0.717, 1.165) is 90.9 Å². The van der Waals surface area contributed by atoms with E-state index in [1.165, 1.54) is 18.3 Å². The van der Waals surface area contributed by atoms with Gasteiger partial charge in [-0.2, -0.15) is 0 Å². The van der Waals surface area contributed by atoms with Gasteiger partial charge in [0.1, 0.15) is 5.69 Å². The highest BCUT2D eigenvalue weighted by Gasteiger charge is 2.17. The number of aromatic carboxylic acids is 2. The third-order valence-electron chi connectivity index (χ3n) is 10.7. The van der Waals surface area contributed by atoms with Gasteiger partial charge in [-0.1, -0.05) is 104 Å². The van der Waals surface area contributed by atoms with Gasteiger partial charge in [-0.05, 0) is 122 Å². The molecule has 10 nitrogen and oxygen atoms in total. The van der Waals surface area contributed by atoms with Gasteiger partial charge in [-0.25, -0.2) is 23.4 Å². The van der Waals surface area contributed by atoms with Crippen molar-refractivity contribution in [1.29, 1.82) is 0 Å². The largest absolute Gasteiger partial charge is 0.478 e. The minimum absolute atomic E-state index is 0.278. The summed E-state index contributed by atoms with van der Waals surface area (Å²) in [5, 5.41) is 24.2. The molecule has 64 heavy (non-hydrogen) atoms. The number of nitrogens with one attached hydrogen (secondary N) is 2. The maximum Gasteiger partial charge on any atom is 0.335 e. The predicted octanol–water partition coefficient (Wildman–Crippen LogP) is 11.4. The number of benzene rings is 6. The molecule has 2 amide bonds. The normalized spacial score (nSPS) is 10.7. The molecule has 0 unspecified atom stereocenters. The van der Waals surface area contributed by atoms with E-state index in [4.69, 9.17) is 0 Å². The number of aromatic nitrogens is 2. The summed E-state index contributed by atoms with van der Waals surface area (Å²) in [6.07, 6.45) is 9.81. The molecular weight excluding hydrogens is 815 g/mol. The van der Waals surface area contributed by atoms with Crippen LogP contribution in [0.5, 0.6) is 0 Å². The number of rotatable bonds is 18. The molecule has 1 aromatic heterocycles. The van der Waals surface area contributed by atoms with E-state index in [2.05, 4.69) is 20.6 Å². The fourth-order valence-corrected chi connectivity index (χ4v) is 7.35. The highest BCUT2D eigenvalue weighted by atomic mass is 19.2. The maximum absolute atomic E-state index is 13.9. The molecule has 0 fully saturated rings. The zero-order chi connectivity index (χ0) is 45.3. The molecule has 0 aliphatic rings. The first-order valence-corrected chi connectivity index (χ1v) is 21.2. The van der Waals surface area contributed by atoms with Crippen LogP contribution in [-0.2, 0) is 25.7 Å². The third-order valence-corrected chi connectivity index (χ3v) is 10.7. The average molecular weight is 863 g/mol. The number of halogens is 2. The highest BCUT2D eigenvalue weighted by Crippen LogP contribution is 2.23. The Morgan fingerprint density at radius 1 is 0.453 bits per heavy atom. The molecule has 0 spiro atoms. The van der Waals surface area contributed by atoms with Crippen LogP contribution in [0.2, 0.25) is 0 Å². The minimum Gasteiger partial charge on any atom is -0.478 e. The lowest BCUT2D eigenvalue weighted by atomic mass is 9.99. The summed E-state index contributed by atoms with van der Waals surface area (Å²) in [5.74, 6) is -5.02. The van der Waals surface area contributed by atoms with Crippen molar-refractivity contribution in [2.75, 3.05) is 10.6 Å². The van der Waals surface area contributed by atoms with Gasteiger partial charge in [0.25, 0.3) is 11.8 Å². The van der Waals surface area contributed by atoms with Crippen LogP contribution in [0, 0.1) is 11.6 Å². The number of hydrogen-bond acceptors (Lipinski definition) is 6. The first kappa shape index (κ1) is 45.9. The van der Waals surface area contributed by atoms with Gasteiger partial charge in [0.2, 0.25) is 0 Å². The van der Waals surface area contributed by atoms with Gasteiger partial charge in [0, 0.05) is 11.4 Å². The molecule has 12 heteroatoms. The summed E-state index contributed by atoms with van der Waals surface area (Å²) in [4.78, 5) is 56.5. The Morgan fingerprint density at radius 2 is 0.875 bits per heavy atom. The topological polar surface area (TPSA) is 159 Å². The molecule has 7 rings (SSSR count). The van der Waals surface area contributed by atoms with Crippen molar-refractivity contribution in [2.24, 2.45) is 0 Å². The number of nitrogens with zero attached hydrogens (tertiary/aromatic N) is 2. The fraction of sp³-hybridized carbons (Fsp3) is 0.192.